The first kappa shape index (κ1) is 26.0. The van der Waals surface area contributed by atoms with E-state index in [1.165, 1.54) is 13.1 Å². The summed E-state index contributed by atoms with van der Waals surface area (Å²) in [6, 6.07) is 3.87. The smallest absolute Gasteiger partial charge is 0.440 e. The lowest BCUT2D eigenvalue weighted by molar-refractivity contribution is -0.215. The topological polar surface area (TPSA) is 57.0 Å². The highest BCUT2D eigenvalue weighted by atomic mass is 19.4. The number of hydrogen-bond donors (Lipinski definition) is 0. The van der Waals surface area contributed by atoms with Crippen molar-refractivity contribution in [1.29, 1.82) is 0 Å². The van der Waals surface area contributed by atoms with Crippen LogP contribution in [-0.4, -0.2) is 27.1 Å². The van der Waals surface area contributed by atoms with Crippen molar-refractivity contribution < 1.29 is 49.0 Å². The Morgan fingerprint density at radius 2 is 1.17 bits per heavy atom. The van der Waals surface area contributed by atoms with Gasteiger partial charge in [0.05, 0.1) is 23.4 Å². The molecule has 0 saturated heterocycles. The van der Waals surface area contributed by atoms with Crippen LogP contribution in [0.25, 0.3) is 0 Å². The van der Waals surface area contributed by atoms with Crippen molar-refractivity contribution in [1.82, 2.24) is 15.0 Å². The summed E-state index contributed by atoms with van der Waals surface area (Å²) in [6.07, 6.45) is -12.8. The average molecular weight is 511 g/mol. The van der Waals surface area contributed by atoms with Crippen molar-refractivity contribution in [2.45, 2.75) is 37.1 Å². The Morgan fingerprint density at radius 1 is 0.771 bits per heavy atom. The first-order chi connectivity index (χ1) is 16.1. The van der Waals surface area contributed by atoms with Crippen LogP contribution in [0.3, 0.4) is 0 Å². The number of alkyl halides is 9. The molecule has 0 spiro atoms. The van der Waals surface area contributed by atoms with E-state index in [2.05, 4.69) is 10.3 Å². The van der Waals surface area contributed by atoms with Crippen molar-refractivity contribution in [2.24, 2.45) is 0 Å². The second-order valence-corrected chi connectivity index (χ2v) is 7.33. The van der Waals surface area contributed by atoms with Gasteiger partial charge in [-0.3, -0.25) is 0 Å². The van der Waals surface area contributed by atoms with E-state index in [-0.39, 0.29) is 11.1 Å². The zero-order chi connectivity index (χ0) is 26.2. The standard InChI is InChI=1S/C21H14F9N3O2/c1-12(33-11-10-31-32-33)18(35-17(34)21(28,29)30,13-2-6-15(7-3-13)19(22,23)24)14-4-8-16(9-5-14)20(25,26)27/h2-12H,1H3. The Balaban J connectivity index is 2.31. The lowest BCUT2D eigenvalue weighted by Crippen LogP contribution is -2.44. The van der Waals surface area contributed by atoms with Gasteiger partial charge in [-0.1, -0.05) is 29.5 Å². The molecule has 3 aromatic rings. The van der Waals surface area contributed by atoms with Crippen molar-refractivity contribution >= 4 is 5.97 Å². The summed E-state index contributed by atoms with van der Waals surface area (Å²) >= 11 is 0. The van der Waals surface area contributed by atoms with Crippen LogP contribution in [0.4, 0.5) is 39.5 Å². The molecule has 0 bridgehead atoms. The summed E-state index contributed by atoms with van der Waals surface area (Å²) in [5, 5.41) is 7.17. The Labute approximate surface area is 191 Å². The van der Waals surface area contributed by atoms with Gasteiger partial charge in [-0.05, 0) is 31.2 Å². The van der Waals surface area contributed by atoms with Crippen LogP contribution in [0.15, 0.2) is 60.9 Å². The van der Waals surface area contributed by atoms with E-state index in [1.54, 1.807) is 0 Å². The van der Waals surface area contributed by atoms with Gasteiger partial charge in [-0.2, -0.15) is 39.5 Å². The van der Waals surface area contributed by atoms with E-state index < -0.39 is 47.3 Å². The van der Waals surface area contributed by atoms with E-state index in [1.807, 2.05) is 0 Å². The van der Waals surface area contributed by atoms with Crippen LogP contribution in [0.1, 0.15) is 35.2 Å². The molecule has 2 aromatic carbocycles. The van der Waals surface area contributed by atoms with Gasteiger partial charge in [0.1, 0.15) is 0 Å². The zero-order valence-electron chi connectivity index (χ0n) is 17.4. The van der Waals surface area contributed by atoms with E-state index in [0.717, 1.165) is 35.1 Å². The molecule has 188 valence electrons. The van der Waals surface area contributed by atoms with Crippen LogP contribution in [0.5, 0.6) is 0 Å². The fourth-order valence-electron chi connectivity index (χ4n) is 3.48. The summed E-state index contributed by atoms with van der Waals surface area (Å²) in [7, 11) is 0. The minimum absolute atomic E-state index is 0.383. The molecule has 1 unspecified atom stereocenters. The molecule has 1 aromatic heterocycles. The number of aromatic nitrogens is 3. The number of halogens is 9. The Bertz CT molecular complexity index is 1090. The average Bonchev–Trinajstić information content (AvgIpc) is 3.30. The maximum Gasteiger partial charge on any atom is 0.490 e. The highest BCUT2D eigenvalue weighted by molar-refractivity contribution is 5.77. The molecule has 0 N–H and O–H groups in total. The first-order valence-corrected chi connectivity index (χ1v) is 9.58. The van der Waals surface area contributed by atoms with Gasteiger partial charge in [-0.25, -0.2) is 9.48 Å². The normalized spacial score (nSPS) is 14.0. The quantitative estimate of drug-likeness (QED) is 0.315. The van der Waals surface area contributed by atoms with Crippen LogP contribution >= 0.6 is 0 Å². The third kappa shape index (κ3) is 5.25. The molecule has 0 aliphatic heterocycles. The van der Waals surface area contributed by atoms with Gasteiger partial charge < -0.3 is 4.74 Å². The summed E-state index contributed by atoms with van der Waals surface area (Å²) in [4.78, 5) is 12.0. The SMILES string of the molecule is CC(n1ccnn1)C(OC(=O)C(F)(F)F)(c1ccc(C(F)(F)F)cc1)c1ccc(C(F)(F)F)cc1. The molecule has 5 nitrogen and oxygen atoms in total. The molecule has 3 rings (SSSR count). The third-order valence-electron chi connectivity index (χ3n) is 5.19. The first-order valence-electron chi connectivity index (χ1n) is 9.58. The number of rotatable bonds is 5. The van der Waals surface area contributed by atoms with Crippen LogP contribution in [-0.2, 0) is 27.5 Å². The van der Waals surface area contributed by atoms with Crippen molar-refractivity contribution in [2.75, 3.05) is 0 Å². The minimum atomic E-state index is -5.54. The highest BCUT2D eigenvalue weighted by Crippen LogP contribution is 2.45. The maximum atomic E-state index is 13.3. The molecule has 14 heteroatoms. The van der Waals surface area contributed by atoms with Crippen LogP contribution < -0.4 is 0 Å². The molecule has 0 fully saturated rings. The van der Waals surface area contributed by atoms with Crippen LogP contribution in [0.2, 0.25) is 0 Å². The van der Waals surface area contributed by atoms with Crippen molar-refractivity contribution in [3.63, 3.8) is 0 Å². The zero-order valence-corrected chi connectivity index (χ0v) is 17.4. The number of carbonyl (C=O) groups is 1. The lowest BCUT2D eigenvalue weighted by Gasteiger charge is -2.39. The van der Waals surface area contributed by atoms with E-state index in [9.17, 15) is 44.3 Å². The van der Waals surface area contributed by atoms with Gasteiger partial charge in [0.25, 0.3) is 0 Å². The number of carbonyl (C=O) groups excluding carboxylic acids is 1. The van der Waals surface area contributed by atoms with Gasteiger partial charge in [-0.15, -0.1) is 5.10 Å². The lowest BCUT2D eigenvalue weighted by atomic mass is 9.79. The Hall–Kier alpha value is -3.58. The molecule has 0 aliphatic rings. The molecular formula is C21H14F9N3O2. The third-order valence-corrected chi connectivity index (χ3v) is 5.19. The molecule has 0 aliphatic carbocycles. The predicted octanol–water partition coefficient (Wildman–Crippen LogP) is 5.93. The van der Waals surface area contributed by atoms with E-state index in [0.29, 0.717) is 24.3 Å². The second-order valence-electron chi connectivity index (χ2n) is 7.33. The Morgan fingerprint density at radius 3 is 1.49 bits per heavy atom. The number of hydrogen-bond acceptors (Lipinski definition) is 4. The summed E-state index contributed by atoms with van der Waals surface area (Å²) in [6.45, 7) is 1.22. The second kappa shape index (κ2) is 8.89. The number of benzene rings is 2. The van der Waals surface area contributed by atoms with Gasteiger partial charge in [0, 0.05) is 17.3 Å². The van der Waals surface area contributed by atoms with Crippen LogP contribution in [0, 0.1) is 0 Å². The van der Waals surface area contributed by atoms with E-state index in [4.69, 9.17) is 4.74 Å². The molecule has 0 radical (unpaired) electrons. The fraction of sp³-hybridized carbons (Fsp3) is 0.286. The minimum Gasteiger partial charge on any atom is -0.440 e. The molecule has 1 atom stereocenters. The summed E-state index contributed by atoms with van der Waals surface area (Å²) in [5.74, 6) is -2.72. The Kier molecular flexibility index (Phi) is 6.61. The monoisotopic (exact) mass is 511 g/mol. The molecule has 35 heavy (non-hydrogen) atoms. The molecule has 0 amide bonds. The highest BCUT2D eigenvalue weighted by Gasteiger charge is 2.52. The van der Waals surface area contributed by atoms with Gasteiger partial charge in [0.2, 0.25) is 0 Å². The fourth-order valence-corrected chi connectivity index (χ4v) is 3.48. The summed E-state index contributed by atoms with van der Waals surface area (Å²) < 4.78 is 124. The van der Waals surface area contributed by atoms with Gasteiger partial charge in [0.15, 0.2) is 5.60 Å². The maximum absolute atomic E-state index is 13.3. The van der Waals surface area contributed by atoms with Gasteiger partial charge >= 0.3 is 24.5 Å². The number of ether oxygens (including phenoxy) is 1. The predicted molar refractivity (Wildman–Crippen MR) is 101 cm³/mol. The van der Waals surface area contributed by atoms with Crippen molar-refractivity contribution in [3.8, 4) is 0 Å². The molecular weight excluding hydrogens is 497 g/mol. The summed E-state index contributed by atoms with van der Waals surface area (Å²) in [5.41, 5.74) is -5.64. The molecule has 0 saturated carbocycles. The van der Waals surface area contributed by atoms with Crippen molar-refractivity contribution in [3.05, 3.63) is 83.2 Å². The van der Waals surface area contributed by atoms with E-state index >= 15 is 0 Å². The number of esters is 1. The largest absolute Gasteiger partial charge is 0.490 e. The molecule has 1 heterocycles. The number of nitrogens with zero attached hydrogens (tertiary/aromatic N) is 3.